The van der Waals surface area contributed by atoms with Gasteiger partial charge in [-0.2, -0.15) is 0 Å². The molecule has 6 nitrogen and oxygen atoms in total. The highest BCUT2D eigenvalue weighted by atomic mass is 16.7. The second-order valence-electron chi connectivity index (χ2n) is 6.98. The molecule has 6 heteroatoms. The van der Waals surface area contributed by atoms with Gasteiger partial charge in [0.1, 0.15) is 12.2 Å². The number of amides is 1. The minimum atomic E-state index is -1.15. The predicted octanol–water partition coefficient (Wildman–Crippen LogP) is 2.40. The lowest BCUT2D eigenvalue weighted by Gasteiger charge is -2.44. The first-order chi connectivity index (χ1) is 13.5. The maximum absolute atomic E-state index is 11.7. The number of rotatable bonds is 7. The van der Waals surface area contributed by atoms with Crippen LogP contribution in [0, 0.1) is 0 Å². The Hall–Kier alpha value is -2.25. The molecule has 3 rings (SSSR count). The van der Waals surface area contributed by atoms with Crippen molar-refractivity contribution in [1.82, 2.24) is 5.32 Å². The van der Waals surface area contributed by atoms with Gasteiger partial charge in [-0.3, -0.25) is 4.79 Å². The van der Waals surface area contributed by atoms with Crippen LogP contribution in [0.4, 0.5) is 0 Å². The zero-order chi connectivity index (χ0) is 19.9. The highest BCUT2D eigenvalue weighted by Crippen LogP contribution is 2.26. The van der Waals surface area contributed by atoms with E-state index < -0.39 is 30.6 Å². The Kier molecular flexibility index (Phi) is 7.17. The summed E-state index contributed by atoms with van der Waals surface area (Å²) in [5, 5.41) is 13.4. The molecule has 0 unspecified atom stereocenters. The van der Waals surface area contributed by atoms with Gasteiger partial charge in [0, 0.05) is 6.92 Å². The normalized spacial score (nSPS) is 27.3. The highest BCUT2D eigenvalue weighted by molar-refractivity contribution is 5.73. The van der Waals surface area contributed by atoms with E-state index in [1.165, 1.54) is 6.92 Å². The van der Waals surface area contributed by atoms with Crippen molar-refractivity contribution in [2.24, 2.45) is 0 Å². The smallest absolute Gasteiger partial charge is 0.217 e. The van der Waals surface area contributed by atoms with Gasteiger partial charge in [0.25, 0.3) is 0 Å². The Bertz CT molecular complexity index is 739. The van der Waals surface area contributed by atoms with Gasteiger partial charge in [-0.25, -0.2) is 0 Å². The lowest BCUT2D eigenvalue weighted by molar-refractivity contribution is -0.277. The van der Waals surface area contributed by atoms with E-state index in [1.807, 2.05) is 60.7 Å². The first-order valence-corrected chi connectivity index (χ1v) is 9.46. The van der Waals surface area contributed by atoms with Crippen LogP contribution >= 0.6 is 0 Å². The van der Waals surface area contributed by atoms with Gasteiger partial charge in [-0.15, -0.1) is 0 Å². The van der Waals surface area contributed by atoms with Crippen molar-refractivity contribution in [3.05, 3.63) is 71.8 Å². The summed E-state index contributed by atoms with van der Waals surface area (Å²) >= 11 is 0. The molecule has 2 aromatic rings. The fourth-order valence-electron chi connectivity index (χ4n) is 3.36. The summed E-state index contributed by atoms with van der Waals surface area (Å²) in [6.07, 6.45) is -2.87. The summed E-state index contributed by atoms with van der Waals surface area (Å²) in [7, 11) is 0. The predicted molar refractivity (Wildman–Crippen MR) is 104 cm³/mol. The summed E-state index contributed by atoms with van der Waals surface area (Å²) in [6.45, 7) is 3.90. The van der Waals surface area contributed by atoms with E-state index in [4.69, 9.17) is 14.2 Å². The number of carbonyl (C=O) groups is 1. The molecule has 0 aliphatic carbocycles. The number of aliphatic hydroxyl groups is 1. The van der Waals surface area contributed by atoms with E-state index in [-0.39, 0.29) is 5.91 Å². The molecule has 0 aromatic heterocycles. The van der Waals surface area contributed by atoms with Crippen molar-refractivity contribution in [2.75, 3.05) is 0 Å². The van der Waals surface area contributed by atoms with Gasteiger partial charge >= 0.3 is 0 Å². The Labute approximate surface area is 165 Å². The summed E-state index contributed by atoms with van der Waals surface area (Å²) in [4.78, 5) is 11.7. The number of aliphatic hydroxyl groups excluding tert-OH is 1. The molecular weight excluding hydrogens is 358 g/mol. The lowest BCUT2D eigenvalue weighted by Crippen LogP contribution is -2.63. The minimum absolute atomic E-state index is 0.188. The molecule has 1 aliphatic rings. The average Bonchev–Trinajstić information content (AvgIpc) is 2.69. The van der Waals surface area contributed by atoms with E-state index in [2.05, 4.69) is 5.32 Å². The zero-order valence-electron chi connectivity index (χ0n) is 16.2. The molecule has 0 radical (unpaired) electrons. The van der Waals surface area contributed by atoms with Crippen molar-refractivity contribution in [3.63, 3.8) is 0 Å². The molecule has 1 aliphatic heterocycles. The summed E-state index contributed by atoms with van der Waals surface area (Å²) in [5.41, 5.74) is 1.98. The second-order valence-corrected chi connectivity index (χ2v) is 6.98. The number of ether oxygens (including phenoxy) is 3. The van der Waals surface area contributed by atoms with Crippen molar-refractivity contribution in [3.8, 4) is 0 Å². The lowest BCUT2D eigenvalue weighted by atomic mass is 9.96. The van der Waals surface area contributed by atoms with E-state index in [0.29, 0.717) is 13.2 Å². The fourth-order valence-corrected chi connectivity index (χ4v) is 3.36. The van der Waals surface area contributed by atoms with E-state index in [0.717, 1.165) is 11.1 Å². The maximum Gasteiger partial charge on any atom is 0.217 e. The van der Waals surface area contributed by atoms with E-state index >= 15 is 0 Å². The van der Waals surface area contributed by atoms with Crippen LogP contribution in [-0.2, 0) is 32.2 Å². The molecule has 150 valence electrons. The van der Waals surface area contributed by atoms with Crippen molar-refractivity contribution in [1.29, 1.82) is 0 Å². The molecule has 2 N–H and O–H groups in total. The molecule has 1 amide bonds. The molecule has 1 heterocycles. The SMILES string of the molecule is CC(=O)N[C@H]1[C@H](OCc2ccccc2)[C@@H](OCc2ccccc2)[C@@H](O)O[C@@H]1C. The van der Waals surface area contributed by atoms with Crippen LogP contribution in [0.25, 0.3) is 0 Å². The summed E-state index contributed by atoms with van der Waals surface area (Å²) < 4.78 is 17.8. The molecule has 0 saturated carbocycles. The van der Waals surface area contributed by atoms with Crippen LogP contribution < -0.4 is 5.32 Å². The molecule has 5 atom stereocenters. The standard InChI is InChI=1S/C22H27NO5/c1-15-19(23-16(2)24)20(26-13-17-9-5-3-6-10-17)21(22(25)28-15)27-14-18-11-7-4-8-12-18/h3-12,15,19-22,25H,13-14H2,1-2H3,(H,23,24)/t15-,19-,20+,21-,22+/m1/s1. The highest BCUT2D eigenvalue weighted by Gasteiger charge is 2.45. The number of benzene rings is 2. The summed E-state index contributed by atoms with van der Waals surface area (Å²) in [6, 6.07) is 19.0. The Morgan fingerprint density at radius 3 is 1.96 bits per heavy atom. The number of hydrogen-bond donors (Lipinski definition) is 2. The third-order valence-electron chi connectivity index (χ3n) is 4.76. The first kappa shape index (κ1) is 20.5. The third-order valence-corrected chi connectivity index (χ3v) is 4.76. The van der Waals surface area contributed by atoms with Crippen LogP contribution in [0.5, 0.6) is 0 Å². The van der Waals surface area contributed by atoms with E-state index in [9.17, 15) is 9.90 Å². The number of hydrogen-bond acceptors (Lipinski definition) is 5. The molecule has 28 heavy (non-hydrogen) atoms. The third kappa shape index (κ3) is 5.39. The van der Waals surface area contributed by atoms with Crippen molar-refractivity contribution in [2.45, 2.75) is 57.7 Å². The van der Waals surface area contributed by atoms with Gasteiger partial charge in [-0.1, -0.05) is 60.7 Å². The Morgan fingerprint density at radius 1 is 0.964 bits per heavy atom. The van der Waals surface area contributed by atoms with Crippen LogP contribution in [-0.4, -0.2) is 41.7 Å². The topological polar surface area (TPSA) is 77.0 Å². The number of nitrogens with one attached hydrogen (secondary N) is 1. The molecule has 2 aromatic carbocycles. The Balaban J connectivity index is 1.76. The van der Waals surface area contributed by atoms with Crippen LogP contribution in [0.3, 0.4) is 0 Å². The van der Waals surface area contributed by atoms with Gasteiger partial charge < -0.3 is 24.6 Å². The average molecular weight is 385 g/mol. The largest absolute Gasteiger partial charge is 0.368 e. The molecule has 1 saturated heterocycles. The zero-order valence-corrected chi connectivity index (χ0v) is 16.2. The monoisotopic (exact) mass is 385 g/mol. The van der Waals surface area contributed by atoms with E-state index in [1.54, 1.807) is 6.92 Å². The molecule has 0 spiro atoms. The molecule has 1 fully saturated rings. The van der Waals surface area contributed by atoms with Gasteiger partial charge in [0.05, 0.1) is 25.4 Å². The maximum atomic E-state index is 11.7. The number of carbonyl (C=O) groups excluding carboxylic acids is 1. The van der Waals surface area contributed by atoms with Crippen LogP contribution in [0.15, 0.2) is 60.7 Å². The first-order valence-electron chi connectivity index (χ1n) is 9.46. The Morgan fingerprint density at radius 2 is 1.46 bits per heavy atom. The van der Waals surface area contributed by atoms with Gasteiger partial charge in [0.15, 0.2) is 6.29 Å². The quantitative estimate of drug-likeness (QED) is 0.765. The fraction of sp³-hybridized carbons (Fsp3) is 0.409. The van der Waals surface area contributed by atoms with Crippen LogP contribution in [0.2, 0.25) is 0 Å². The van der Waals surface area contributed by atoms with Gasteiger partial charge in [0.2, 0.25) is 5.91 Å². The second kappa shape index (κ2) is 9.80. The summed E-state index contributed by atoms with van der Waals surface area (Å²) in [5.74, 6) is -0.188. The molecule has 0 bridgehead atoms. The van der Waals surface area contributed by atoms with Crippen LogP contribution in [0.1, 0.15) is 25.0 Å². The van der Waals surface area contributed by atoms with Crippen molar-refractivity contribution >= 4 is 5.91 Å². The minimum Gasteiger partial charge on any atom is -0.368 e. The van der Waals surface area contributed by atoms with Crippen molar-refractivity contribution < 1.29 is 24.1 Å². The van der Waals surface area contributed by atoms with Gasteiger partial charge in [-0.05, 0) is 18.1 Å². The molecular formula is C22H27NO5.